The quantitative estimate of drug-likeness (QED) is 0.441. The van der Waals surface area contributed by atoms with Crippen LogP contribution in [0.25, 0.3) is 10.8 Å². The van der Waals surface area contributed by atoms with Gasteiger partial charge in [0.1, 0.15) is 0 Å². The lowest BCUT2D eigenvalue weighted by Crippen LogP contribution is -2.32. The summed E-state index contributed by atoms with van der Waals surface area (Å²) in [5.41, 5.74) is 3.54. The van der Waals surface area contributed by atoms with Gasteiger partial charge in [-0.25, -0.2) is 5.43 Å². The van der Waals surface area contributed by atoms with Gasteiger partial charge in [0.15, 0.2) is 0 Å². The summed E-state index contributed by atoms with van der Waals surface area (Å²) in [6.45, 7) is 0. The molecule has 1 aromatic heterocycles. The topological polar surface area (TPSA) is 83.5 Å². The van der Waals surface area contributed by atoms with Gasteiger partial charge in [-0.15, -0.1) is 0 Å². The average Bonchev–Trinajstić information content (AvgIpc) is 2.63. The molecule has 0 unspecified atom stereocenters. The molecule has 2 amide bonds. The van der Waals surface area contributed by atoms with Crippen LogP contribution in [0.15, 0.2) is 72.1 Å². The molecule has 118 valence electrons. The number of fused-ring (bicyclic) bond motifs is 1. The third-order valence-electron chi connectivity index (χ3n) is 3.33. The molecule has 0 spiro atoms. The summed E-state index contributed by atoms with van der Waals surface area (Å²) in [4.78, 5) is 27.7. The van der Waals surface area contributed by atoms with E-state index < -0.39 is 11.8 Å². The lowest BCUT2D eigenvalue weighted by molar-refractivity contribution is -0.136. The molecule has 0 aliphatic rings. The number of anilines is 1. The number of nitrogens with one attached hydrogen (secondary N) is 2. The van der Waals surface area contributed by atoms with E-state index in [4.69, 9.17) is 0 Å². The number of pyridine rings is 1. The monoisotopic (exact) mass is 318 g/mol. The van der Waals surface area contributed by atoms with E-state index in [9.17, 15) is 9.59 Å². The fraction of sp³-hybridized carbons (Fsp3) is 0. The van der Waals surface area contributed by atoms with E-state index in [0.29, 0.717) is 5.69 Å². The van der Waals surface area contributed by atoms with Crippen LogP contribution >= 0.6 is 0 Å². The number of amides is 2. The maximum atomic E-state index is 12.0. The van der Waals surface area contributed by atoms with Gasteiger partial charge in [0.05, 0.1) is 6.21 Å². The highest BCUT2D eigenvalue weighted by atomic mass is 16.2. The zero-order chi connectivity index (χ0) is 16.8. The SMILES string of the molecule is O=C(N/N=C/c1ccncc1)C(=O)Nc1cccc2ccccc12. The van der Waals surface area contributed by atoms with E-state index in [1.807, 2.05) is 36.4 Å². The maximum Gasteiger partial charge on any atom is 0.329 e. The zero-order valence-corrected chi connectivity index (χ0v) is 12.6. The van der Waals surface area contributed by atoms with Gasteiger partial charge in [-0.05, 0) is 29.1 Å². The molecule has 0 bridgehead atoms. The van der Waals surface area contributed by atoms with Gasteiger partial charge in [-0.1, -0.05) is 36.4 Å². The number of aromatic nitrogens is 1. The molecule has 6 heteroatoms. The van der Waals surface area contributed by atoms with Crippen LogP contribution in [0, 0.1) is 0 Å². The van der Waals surface area contributed by atoms with Gasteiger partial charge < -0.3 is 5.32 Å². The minimum atomic E-state index is -0.840. The van der Waals surface area contributed by atoms with Crippen molar-refractivity contribution in [2.75, 3.05) is 5.32 Å². The number of carbonyl (C=O) groups excluding carboxylic acids is 2. The van der Waals surface area contributed by atoms with Crippen LogP contribution in [0.1, 0.15) is 5.56 Å². The van der Waals surface area contributed by atoms with Crippen molar-refractivity contribution in [3.8, 4) is 0 Å². The van der Waals surface area contributed by atoms with Crippen LogP contribution in [-0.4, -0.2) is 23.0 Å². The third kappa shape index (κ3) is 3.61. The van der Waals surface area contributed by atoms with Gasteiger partial charge in [0, 0.05) is 23.5 Å². The molecule has 0 atom stereocenters. The number of nitrogens with zero attached hydrogens (tertiary/aromatic N) is 2. The molecule has 0 fully saturated rings. The first-order chi connectivity index (χ1) is 11.7. The van der Waals surface area contributed by atoms with Crippen molar-refractivity contribution >= 4 is 34.5 Å². The lowest BCUT2D eigenvalue weighted by atomic mass is 10.1. The van der Waals surface area contributed by atoms with E-state index in [-0.39, 0.29) is 0 Å². The minimum absolute atomic E-state index is 0.575. The first kappa shape index (κ1) is 15.4. The second-order valence-electron chi connectivity index (χ2n) is 4.96. The van der Waals surface area contributed by atoms with Crippen LogP contribution in [0.4, 0.5) is 5.69 Å². The van der Waals surface area contributed by atoms with Crippen LogP contribution in [0.2, 0.25) is 0 Å². The van der Waals surface area contributed by atoms with Gasteiger partial charge in [-0.3, -0.25) is 14.6 Å². The number of benzene rings is 2. The molecule has 6 nitrogen and oxygen atoms in total. The normalized spacial score (nSPS) is 10.7. The van der Waals surface area contributed by atoms with Gasteiger partial charge in [0.25, 0.3) is 0 Å². The summed E-state index contributed by atoms with van der Waals surface area (Å²) in [6.07, 6.45) is 4.65. The lowest BCUT2D eigenvalue weighted by Gasteiger charge is -2.07. The van der Waals surface area contributed by atoms with Gasteiger partial charge in [-0.2, -0.15) is 5.10 Å². The van der Waals surface area contributed by atoms with Crippen molar-refractivity contribution in [1.82, 2.24) is 10.4 Å². The summed E-state index contributed by atoms with van der Waals surface area (Å²) in [5.74, 6) is -1.62. The largest absolute Gasteiger partial charge is 0.329 e. The predicted octanol–water partition coefficient (Wildman–Crippen LogP) is 2.32. The number of rotatable bonds is 3. The Morgan fingerprint density at radius 3 is 2.50 bits per heavy atom. The standard InChI is InChI=1S/C18H14N4O2/c23-17(18(24)22-20-12-13-8-10-19-11-9-13)21-16-7-3-5-14-4-1-2-6-15(14)16/h1-12H,(H,21,23)(H,22,24)/b20-12+. The number of hydrazone groups is 1. The van der Waals surface area contributed by atoms with Gasteiger partial charge >= 0.3 is 11.8 Å². The zero-order valence-electron chi connectivity index (χ0n) is 12.6. The Morgan fingerprint density at radius 2 is 1.67 bits per heavy atom. The number of hydrogen-bond donors (Lipinski definition) is 2. The van der Waals surface area contributed by atoms with Crippen molar-refractivity contribution in [2.45, 2.75) is 0 Å². The van der Waals surface area contributed by atoms with Crippen molar-refractivity contribution in [3.63, 3.8) is 0 Å². The summed E-state index contributed by atoms with van der Waals surface area (Å²) in [5, 5.41) is 8.19. The molecule has 3 aromatic rings. The molecule has 2 aromatic carbocycles. The Kier molecular flexibility index (Phi) is 4.57. The average molecular weight is 318 g/mol. The fourth-order valence-corrected chi connectivity index (χ4v) is 2.18. The molecular formula is C18H14N4O2. The van der Waals surface area contributed by atoms with Crippen molar-refractivity contribution < 1.29 is 9.59 Å². The van der Waals surface area contributed by atoms with Crippen LogP contribution in [-0.2, 0) is 9.59 Å². The predicted molar refractivity (Wildman–Crippen MR) is 92.6 cm³/mol. The van der Waals surface area contributed by atoms with Crippen LogP contribution < -0.4 is 10.7 Å². The second-order valence-corrected chi connectivity index (χ2v) is 4.96. The minimum Gasteiger partial charge on any atom is -0.317 e. The highest BCUT2D eigenvalue weighted by Crippen LogP contribution is 2.22. The van der Waals surface area contributed by atoms with E-state index in [1.54, 1.807) is 30.6 Å². The molecular weight excluding hydrogens is 304 g/mol. The molecule has 2 N–H and O–H groups in total. The molecule has 0 saturated heterocycles. The fourth-order valence-electron chi connectivity index (χ4n) is 2.18. The highest BCUT2D eigenvalue weighted by Gasteiger charge is 2.13. The smallest absolute Gasteiger partial charge is 0.317 e. The molecule has 3 rings (SSSR count). The van der Waals surface area contributed by atoms with E-state index >= 15 is 0 Å². The Morgan fingerprint density at radius 1 is 0.917 bits per heavy atom. The number of hydrogen-bond acceptors (Lipinski definition) is 4. The van der Waals surface area contributed by atoms with E-state index in [0.717, 1.165) is 16.3 Å². The van der Waals surface area contributed by atoms with Gasteiger partial charge in [0.2, 0.25) is 0 Å². The third-order valence-corrected chi connectivity index (χ3v) is 3.33. The Hall–Kier alpha value is -3.54. The van der Waals surface area contributed by atoms with Crippen molar-refractivity contribution in [1.29, 1.82) is 0 Å². The summed E-state index contributed by atoms with van der Waals surface area (Å²) < 4.78 is 0. The van der Waals surface area contributed by atoms with E-state index in [1.165, 1.54) is 6.21 Å². The summed E-state index contributed by atoms with van der Waals surface area (Å²) in [6, 6.07) is 16.5. The molecule has 0 aliphatic heterocycles. The second kappa shape index (κ2) is 7.15. The maximum absolute atomic E-state index is 12.0. The van der Waals surface area contributed by atoms with Crippen molar-refractivity contribution in [3.05, 3.63) is 72.6 Å². The van der Waals surface area contributed by atoms with Crippen LogP contribution in [0.3, 0.4) is 0 Å². The Bertz CT molecular complexity index is 902. The number of carbonyl (C=O) groups is 2. The Labute approximate surface area is 138 Å². The molecule has 1 heterocycles. The first-order valence-electron chi connectivity index (χ1n) is 7.26. The molecule has 0 saturated carbocycles. The summed E-state index contributed by atoms with van der Waals surface area (Å²) >= 11 is 0. The molecule has 0 aliphatic carbocycles. The Balaban J connectivity index is 1.66. The van der Waals surface area contributed by atoms with Crippen LogP contribution in [0.5, 0.6) is 0 Å². The highest BCUT2D eigenvalue weighted by molar-refractivity contribution is 6.40. The van der Waals surface area contributed by atoms with E-state index in [2.05, 4.69) is 20.8 Å². The summed E-state index contributed by atoms with van der Waals surface area (Å²) in [7, 11) is 0. The first-order valence-corrected chi connectivity index (χ1v) is 7.26. The van der Waals surface area contributed by atoms with Crippen molar-refractivity contribution in [2.24, 2.45) is 5.10 Å². The molecule has 24 heavy (non-hydrogen) atoms. The molecule has 0 radical (unpaired) electrons.